The number of hydrogen-bond acceptors (Lipinski definition) is 4. The van der Waals surface area contributed by atoms with Crippen molar-refractivity contribution >= 4 is 28.3 Å². The van der Waals surface area contributed by atoms with E-state index in [1.54, 1.807) is 66.4 Å². The lowest BCUT2D eigenvalue weighted by Gasteiger charge is -2.14. The standard InChI is InChI=1S/C23H18ClNO4/c1-28-15-8-10-18(22(12-15)29-2)23(27)17-5-3-4-6-19(17)25-13-21(26)16-9-7-14(24)11-20(16)25/h3-13,26H,1-2H3. The van der Waals surface area contributed by atoms with Gasteiger partial charge in [0.15, 0.2) is 5.78 Å². The minimum absolute atomic E-state index is 0.112. The molecule has 0 aliphatic heterocycles. The molecule has 4 aromatic rings. The van der Waals surface area contributed by atoms with Gasteiger partial charge in [-0.05, 0) is 42.5 Å². The van der Waals surface area contributed by atoms with Gasteiger partial charge in [0.25, 0.3) is 0 Å². The molecule has 146 valence electrons. The minimum Gasteiger partial charge on any atom is -0.506 e. The fourth-order valence-electron chi connectivity index (χ4n) is 3.39. The van der Waals surface area contributed by atoms with Crippen molar-refractivity contribution in [3.63, 3.8) is 0 Å². The van der Waals surface area contributed by atoms with Gasteiger partial charge in [-0.3, -0.25) is 4.79 Å². The van der Waals surface area contributed by atoms with Crippen molar-refractivity contribution in [3.05, 3.63) is 83.0 Å². The molecule has 0 radical (unpaired) electrons. The first-order chi connectivity index (χ1) is 14.0. The topological polar surface area (TPSA) is 60.7 Å². The Balaban J connectivity index is 1.89. The van der Waals surface area contributed by atoms with Crippen molar-refractivity contribution in [1.82, 2.24) is 4.57 Å². The highest BCUT2D eigenvalue weighted by molar-refractivity contribution is 6.31. The van der Waals surface area contributed by atoms with Gasteiger partial charge in [-0.15, -0.1) is 0 Å². The van der Waals surface area contributed by atoms with Gasteiger partial charge in [-0.1, -0.05) is 23.7 Å². The van der Waals surface area contributed by atoms with Gasteiger partial charge in [-0.25, -0.2) is 0 Å². The molecule has 1 heterocycles. The predicted molar refractivity (Wildman–Crippen MR) is 113 cm³/mol. The summed E-state index contributed by atoms with van der Waals surface area (Å²) in [5.74, 6) is 0.930. The monoisotopic (exact) mass is 407 g/mol. The number of nitrogens with zero attached hydrogens (tertiary/aromatic N) is 1. The van der Waals surface area contributed by atoms with Gasteiger partial charge in [0, 0.05) is 22.0 Å². The van der Waals surface area contributed by atoms with Crippen LogP contribution in [0.25, 0.3) is 16.6 Å². The van der Waals surface area contributed by atoms with Gasteiger partial charge in [0.2, 0.25) is 0 Å². The molecule has 3 aromatic carbocycles. The molecule has 6 heteroatoms. The van der Waals surface area contributed by atoms with Crippen LogP contribution in [0.4, 0.5) is 0 Å². The zero-order valence-electron chi connectivity index (χ0n) is 15.8. The highest BCUT2D eigenvalue weighted by Crippen LogP contribution is 2.34. The molecule has 0 atom stereocenters. The zero-order chi connectivity index (χ0) is 20.5. The summed E-state index contributed by atoms with van der Waals surface area (Å²) in [7, 11) is 3.07. The second-order valence-electron chi connectivity index (χ2n) is 6.46. The summed E-state index contributed by atoms with van der Waals surface area (Å²) >= 11 is 6.16. The average molecular weight is 408 g/mol. The Bertz CT molecular complexity index is 1230. The molecule has 0 spiro atoms. The molecule has 29 heavy (non-hydrogen) atoms. The molecule has 0 aliphatic carbocycles. The number of methoxy groups -OCH3 is 2. The highest BCUT2D eigenvalue weighted by Gasteiger charge is 2.20. The van der Waals surface area contributed by atoms with E-state index < -0.39 is 0 Å². The lowest BCUT2D eigenvalue weighted by Crippen LogP contribution is -2.08. The summed E-state index contributed by atoms with van der Waals surface area (Å²) in [5.41, 5.74) is 2.21. The van der Waals surface area contributed by atoms with E-state index in [-0.39, 0.29) is 11.5 Å². The maximum absolute atomic E-state index is 13.4. The van der Waals surface area contributed by atoms with Crippen molar-refractivity contribution in [2.24, 2.45) is 0 Å². The number of aromatic hydroxyl groups is 1. The van der Waals surface area contributed by atoms with E-state index in [1.165, 1.54) is 7.11 Å². The molecule has 1 N–H and O–H groups in total. The molecule has 0 unspecified atom stereocenters. The maximum Gasteiger partial charge on any atom is 0.198 e. The molecule has 1 aromatic heterocycles. The number of para-hydroxylation sites is 1. The van der Waals surface area contributed by atoms with Crippen LogP contribution >= 0.6 is 11.6 Å². The molecule has 0 aliphatic rings. The number of halogens is 1. The Hall–Kier alpha value is -3.44. The first-order valence-electron chi connectivity index (χ1n) is 8.89. The van der Waals surface area contributed by atoms with Crippen molar-refractivity contribution in [2.75, 3.05) is 14.2 Å². The molecule has 0 saturated carbocycles. The van der Waals surface area contributed by atoms with Crippen LogP contribution in [0.5, 0.6) is 17.2 Å². The third-order valence-corrected chi connectivity index (χ3v) is 5.04. The second kappa shape index (κ2) is 7.53. The van der Waals surface area contributed by atoms with Crippen LogP contribution in [0.15, 0.2) is 66.9 Å². The van der Waals surface area contributed by atoms with Crippen LogP contribution in [0.3, 0.4) is 0 Å². The molecule has 4 rings (SSSR count). The first kappa shape index (κ1) is 18.9. The Morgan fingerprint density at radius 2 is 1.76 bits per heavy atom. The van der Waals surface area contributed by atoms with E-state index in [4.69, 9.17) is 21.1 Å². The maximum atomic E-state index is 13.4. The smallest absolute Gasteiger partial charge is 0.198 e. The largest absolute Gasteiger partial charge is 0.506 e. The third-order valence-electron chi connectivity index (χ3n) is 4.81. The van der Waals surface area contributed by atoms with Gasteiger partial charge < -0.3 is 19.1 Å². The Morgan fingerprint density at radius 1 is 0.966 bits per heavy atom. The number of carbonyl (C=O) groups is 1. The number of ether oxygens (including phenoxy) is 2. The number of ketones is 1. The van der Waals surface area contributed by atoms with Gasteiger partial charge in [0.1, 0.15) is 17.2 Å². The number of carbonyl (C=O) groups excluding carboxylic acids is 1. The van der Waals surface area contributed by atoms with Gasteiger partial charge in [0.05, 0.1) is 37.2 Å². The molecule has 0 saturated heterocycles. The minimum atomic E-state index is -0.205. The quantitative estimate of drug-likeness (QED) is 0.460. The van der Waals surface area contributed by atoms with Crippen molar-refractivity contribution in [1.29, 1.82) is 0 Å². The van der Waals surface area contributed by atoms with E-state index >= 15 is 0 Å². The highest BCUT2D eigenvalue weighted by atomic mass is 35.5. The van der Waals surface area contributed by atoms with E-state index in [9.17, 15) is 9.90 Å². The third kappa shape index (κ3) is 3.30. The number of rotatable bonds is 5. The summed E-state index contributed by atoms with van der Waals surface area (Å²) in [6, 6.07) is 17.5. The van der Waals surface area contributed by atoms with Crippen molar-refractivity contribution < 1.29 is 19.4 Å². The number of hydrogen-bond donors (Lipinski definition) is 1. The SMILES string of the molecule is COc1ccc(C(=O)c2ccccc2-n2cc(O)c3ccc(Cl)cc32)c(OC)c1. The van der Waals surface area contributed by atoms with Crippen LogP contribution < -0.4 is 9.47 Å². The van der Waals surface area contributed by atoms with Crippen LogP contribution in [-0.2, 0) is 0 Å². The lowest BCUT2D eigenvalue weighted by atomic mass is 10.0. The molecule has 0 fully saturated rings. The van der Waals surface area contributed by atoms with Gasteiger partial charge in [-0.2, -0.15) is 0 Å². The number of benzene rings is 3. The normalized spacial score (nSPS) is 10.9. The van der Waals surface area contributed by atoms with E-state index in [1.807, 2.05) is 12.1 Å². The average Bonchev–Trinajstić information content (AvgIpc) is 3.08. The van der Waals surface area contributed by atoms with Gasteiger partial charge >= 0.3 is 0 Å². The Kier molecular flexibility index (Phi) is 4.91. The van der Waals surface area contributed by atoms with Crippen LogP contribution in [0, 0.1) is 0 Å². The lowest BCUT2D eigenvalue weighted by molar-refractivity contribution is 0.103. The van der Waals surface area contributed by atoms with Crippen LogP contribution in [0.2, 0.25) is 5.02 Å². The first-order valence-corrected chi connectivity index (χ1v) is 9.27. The van der Waals surface area contributed by atoms with E-state index in [0.717, 1.165) is 0 Å². The molecule has 0 bridgehead atoms. The molecular weight excluding hydrogens is 390 g/mol. The molecular formula is C23H18ClNO4. The van der Waals surface area contributed by atoms with Crippen molar-refractivity contribution in [3.8, 4) is 22.9 Å². The Morgan fingerprint density at radius 3 is 2.52 bits per heavy atom. The number of fused-ring (bicyclic) bond motifs is 1. The fraction of sp³-hybridized carbons (Fsp3) is 0.0870. The summed E-state index contributed by atoms with van der Waals surface area (Å²) in [4.78, 5) is 13.4. The zero-order valence-corrected chi connectivity index (χ0v) is 16.6. The van der Waals surface area contributed by atoms with Crippen LogP contribution in [-0.4, -0.2) is 29.7 Å². The van der Waals surface area contributed by atoms with E-state index in [0.29, 0.717) is 44.2 Å². The summed E-state index contributed by atoms with van der Waals surface area (Å²) < 4.78 is 12.4. The van der Waals surface area contributed by atoms with Crippen LogP contribution in [0.1, 0.15) is 15.9 Å². The molecule has 0 amide bonds. The summed E-state index contributed by atoms with van der Waals surface area (Å²) in [6.07, 6.45) is 1.58. The predicted octanol–water partition coefficient (Wildman–Crippen LogP) is 5.24. The summed E-state index contributed by atoms with van der Waals surface area (Å²) in [5, 5.41) is 11.5. The summed E-state index contributed by atoms with van der Waals surface area (Å²) in [6.45, 7) is 0. The fourth-order valence-corrected chi connectivity index (χ4v) is 3.55. The van der Waals surface area contributed by atoms with E-state index in [2.05, 4.69) is 0 Å². The Labute approximate surface area is 172 Å². The molecule has 5 nitrogen and oxygen atoms in total. The van der Waals surface area contributed by atoms with Crippen molar-refractivity contribution in [2.45, 2.75) is 0 Å². The number of aromatic nitrogens is 1. The second-order valence-corrected chi connectivity index (χ2v) is 6.89.